The van der Waals surface area contributed by atoms with Gasteiger partial charge < -0.3 is 25.5 Å². The predicted octanol–water partition coefficient (Wildman–Crippen LogP) is 4.87. The Morgan fingerprint density at radius 2 is 1.66 bits per heavy atom. The van der Waals surface area contributed by atoms with Crippen LogP contribution in [0.4, 0.5) is 4.79 Å². The van der Waals surface area contributed by atoms with Gasteiger partial charge >= 0.3 is 6.09 Å². The Bertz CT molecular complexity index is 1280. The minimum Gasteiger partial charge on any atom is -0.446 e. The minimum absolute atomic E-state index is 0.0716. The normalized spacial score (nSPS) is 28.0. The van der Waals surface area contributed by atoms with E-state index in [9.17, 15) is 14.7 Å². The molecular formula is C31H37N3O4. The monoisotopic (exact) mass is 515 g/mol. The van der Waals surface area contributed by atoms with Crippen LogP contribution in [0.5, 0.6) is 0 Å². The van der Waals surface area contributed by atoms with Crippen LogP contribution in [0.1, 0.15) is 56.2 Å². The number of carbonyl (C=O) groups is 2. The second-order valence-electron chi connectivity index (χ2n) is 11.9. The molecule has 0 radical (unpaired) electrons. The lowest BCUT2D eigenvalue weighted by Gasteiger charge is -2.53. The number of amides is 2. The van der Waals surface area contributed by atoms with Crippen molar-refractivity contribution < 1.29 is 19.4 Å². The summed E-state index contributed by atoms with van der Waals surface area (Å²) in [5.74, 6) is 2.07. The molecule has 2 atom stereocenters. The Labute approximate surface area is 223 Å². The van der Waals surface area contributed by atoms with Gasteiger partial charge in [0.2, 0.25) is 5.91 Å². The summed E-state index contributed by atoms with van der Waals surface area (Å²) >= 11 is 0. The molecule has 200 valence electrons. The molecule has 2 aromatic carbocycles. The smallest absolute Gasteiger partial charge is 0.408 e. The standard InChI is InChI=1S/C31H37N3O4/c1-31(16-24-17-32-26-10-6-5-9-25(24)26,29(36)33-27(18-35)21-7-3-2-4-8-21)34-30(37)38-28-22-12-19-11-20(14-22)15-23(28)13-19/h2-10,17,19-20,22-23,27-28,32,35H,11-16,18H2,1H3,(H,33,36)(H,34,37)/t19?,20?,22?,23?,27-,28?,31+/m0/s1. The van der Waals surface area contributed by atoms with Crippen molar-refractivity contribution in [2.45, 2.75) is 63.1 Å². The van der Waals surface area contributed by atoms with Crippen LogP contribution in [-0.4, -0.2) is 40.3 Å². The zero-order valence-electron chi connectivity index (χ0n) is 21.9. The van der Waals surface area contributed by atoms with Gasteiger partial charge in [0.15, 0.2) is 0 Å². The van der Waals surface area contributed by atoms with E-state index in [0.717, 1.165) is 59.5 Å². The van der Waals surface area contributed by atoms with E-state index in [0.29, 0.717) is 11.8 Å². The van der Waals surface area contributed by atoms with Crippen molar-refractivity contribution in [3.05, 3.63) is 71.9 Å². The molecule has 4 aliphatic rings. The van der Waals surface area contributed by atoms with E-state index in [-0.39, 0.29) is 25.0 Å². The zero-order chi connectivity index (χ0) is 26.3. The van der Waals surface area contributed by atoms with Crippen molar-refractivity contribution in [3.8, 4) is 0 Å². The number of aliphatic hydroxyl groups is 1. The summed E-state index contributed by atoms with van der Waals surface area (Å²) in [6.45, 7) is 1.48. The molecule has 4 fully saturated rings. The number of fused-ring (bicyclic) bond motifs is 1. The van der Waals surface area contributed by atoms with E-state index in [1.165, 1.54) is 6.42 Å². The maximum atomic E-state index is 13.8. The van der Waals surface area contributed by atoms with E-state index in [1.54, 1.807) is 6.92 Å². The van der Waals surface area contributed by atoms with Gasteiger partial charge in [0.1, 0.15) is 11.6 Å². The molecule has 4 N–H and O–H groups in total. The Morgan fingerprint density at radius 1 is 1.00 bits per heavy atom. The van der Waals surface area contributed by atoms with E-state index in [4.69, 9.17) is 4.74 Å². The van der Waals surface area contributed by atoms with Crippen molar-refractivity contribution in [2.75, 3.05) is 6.61 Å². The van der Waals surface area contributed by atoms with Crippen LogP contribution in [0.15, 0.2) is 60.8 Å². The summed E-state index contributed by atoms with van der Waals surface area (Å²) < 4.78 is 6.11. The second-order valence-corrected chi connectivity index (χ2v) is 11.9. The van der Waals surface area contributed by atoms with Gasteiger partial charge in [0.05, 0.1) is 12.6 Å². The van der Waals surface area contributed by atoms with Gasteiger partial charge in [-0.25, -0.2) is 4.79 Å². The molecule has 38 heavy (non-hydrogen) atoms. The fourth-order valence-corrected chi connectivity index (χ4v) is 7.52. The van der Waals surface area contributed by atoms with E-state index in [1.807, 2.05) is 60.8 Å². The minimum atomic E-state index is -1.30. The number of benzene rings is 2. The SMILES string of the molecule is C[C@](Cc1c[nH]c2ccccc12)(NC(=O)OC1C2CC3CC(C2)CC1C3)C(=O)N[C@@H](CO)c1ccccc1. The maximum absolute atomic E-state index is 13.8. The van der Waals surface area contributed by atoms with Crippen LogP contribution in [0.2, 0.25) is 0 Å². The van der Waals surface area contributed by atoms with E-state index in [2.05, 4.69) is 15.6 Å². The van der Waals surface area contributed by atoms with Gasteiger partial charge in [-0.1, -0.05) is 48.5 Å². The number of hydrogen-bond donors (Lipinski definition) is 4. The molecule has 0 aliphatic heterocycles. The highest BCUT2D eigenvalue weighted by Crippen LogP contribution is 2.54. The van der Waals surface area contributed by atoms with Crippen LogP contribution in [0.25, 0.3) is 10.9 Å². The fourth-order valence-electron chi connectivity index (χ4n) is 7.52. The summed E-state index contributed by atoms with van der Waals surface area (Å²) in [6, 6.07) is 16.7. The number of carbonyl (C=O) groups excluding carboxylic acids is 2. The molecule has 0 saturated heterocycles. The lowest BCUT2D eigenvalue weighted by atomic mass is 9.55. The largest absolute Gasteiger partial charge is 0.446 e. The highest BCUT2D eigenvalue weighted by molar-refractivity contribution is 5.91. The molecule has 0 unspecified atom stereocenters. The number of ether oxygens (including phenoxy) is 1. The fraction of sp³-hybridized carbons (Fsp3) is 0.484. The molecule has 3 aromatic rings. The number of hydrogen-bond acceptors (Lipinski definition) is 4. The first kappa shape index (κ1) is 25.0. The van der Waals surface area contributed by atoms with Crippen LogP contribution < -0.4 is 10.6 Å². The average Bonchev–Trinajstić information content (AvgIpc) is 3.31. The molecule has 0 spiro atoms. The van der Waals surface area contributed by atoms with Gasteiger partial charge in [0, 0.05) is 23.5 Å². The number of aromatic amines is 1. The number of nitrogens with one attached hydrogen (secondary N) is 3. The topological polar surface area (TPSA) is 103 Å². The molecule has 1 heterocycles. The lowest BCUT2D eigenvalue weighted by Crippen LogP contribution is -2.60. The first-order valence-electron chi connectivity index (χ1n) is 13.9. The Kier molecular flexibility index (Phi) is 6.64. The molecule has 7 nitrogen and oxygen atoms in total. The third-order valence-electron chi connectivity index (χ3n) is 9.17. The molecule has 7 heteroatoms. The molecule has 2 amide bonds. The van der Waals surface area contributed by atoms with Crippen molar-refractivity contribution in [1.29, 1.82) is 0 Å². The lowest BCUT2D eigenvalue weighted by molar-refractivity contribution is -0.128. The summed E-state index contributed by atoms with van der Waals surface area (Å²) in [6.07, 6.45) is 7.47. The van der Waals surface area contributed by atoms with E-state index >= 15 is 0 Å². The zero-order valence-corrected chi connectivity index (χ0v) is 21.9. The second kappa shape index (κ2) is 10.1. The van der Waals surface area contributed by atoms with Crippen molar-refractivity contribution in [3.63, 3.8) is 0 Å². The number of H-pyrrole nitrogens is 1. The van der Waals surface area contributed by atoms with Gasteiger partial charge in [-0.2, -0.15) is 0 Å². The van der Waals surface area contributed by atoms with Crippen LogP contribution in [0, 0.1) is 23.7 Å². The predicted molar refractivity (Wildman–Crippen MR) is 145 cm³/mol. The van der Waals surface area contributed by atoms with Crippen molar-refractivity contribution in [1.82, 2.24) is 15.6 Å². The Morgan fingerprint density at radius 3 is 2.34 bits per heavy atom. The summed E-state index contributed by atoms with van der Waals surface area (Å²) in [4.78, 5) is 30.5. The maximum Gasteiger partial charge on any atom is 0.408 e. The molecule has 4 bridgehead atoms. The summed E-state index contributed by atoms with van der Waals surface area (Å²) in [5, 5.41) is 17.0. The number of aliphatic hydroxyl groups excluding tert-OH is 1. The number of para-hydroxylation sites is 1. The first-order chi connectivity index (χ1) is 18.4. The van der Waals surface area contributed by atoms with Gasteiger partial charge in [-0.3, -0.25) is 4.79 Å². The molecule has 4 saturated carbocycles. The van der Waals surface area contributed by atoms with Gasteiger partial charge in [-0.15, -0.1) is 0 Å². The van der Waals surface area contributed by atoms with Gasteiger partial charge in [-0.05, 0) is 79.9 Å². The van der Waals surface area contributed by atoms with Crippen LogP contribution in [-0.2, 0) is 16.0 Å². The highest BCUT2D eigenvalue weighted by atomic mass is 16.6. The number of alkyl carbamates (subject to hydrolysis) is 1. The number of aromatic nitrogens is 1. The number of rotatable bonds is 8. The third kappa shape index (κ3) is 4.80. The summed E-state index contributed by atoms with van der Waals surface area (Å²) in [5.41, 5.74) is 1.40. The average molecular weight is 516 g/mol. The van der Waals surface area contributed by atoms with Crippen molar-refractivity contribution >= 4 is 22.9 Å². The van der Waals surface area contributed by atoms with Crippen molar-refractivity contribution in [2.24, 2.45) is 23.7 Å². The molecule has 7 rings (SSSR count). The van der Waals surface area contributed by atoms with Gasteiger partial charge in [0.25, 0.3) is 0 Å². The third-order valence-corrected chi connectivity index (χ3v) is 9.17. The highest BCUT2D eigenvalue weighted by Gasteiger charge is 2.50. The first-order valence-corrected chi connectivity index (χ1v) is 13.9. The van der Waals surface area contributed by atoms with E-state index < -0.39 is 17.7 Å². The Hall–Kier alpha value is -3.32. The summed E-state index contributed by atoms with van der Waals surface area (Å²) in [7, 11) is 0. The van der Waals surface area contributed by atoms with Crippen LogP contribution in [0.3, 0.4) is 0 Å². The molecule has 4 aliphatic carbocycles. The molecular weight excluding hydrogens is 478 g/mol. The Balaban J connectivity index is 1.23. The molecule has 1 aromatic heterocycles. The van der Waals surface area contributed by atoms with Crippen LogP contribution >= 0.6 is 0 Å². The quantitative estimate of drug-likeness (QED) is 0.344.